The molecule has 0 saturated carbocycles. The van der Waals surface area contributed by atoms with Gasteiger partial charge in [0.2, 0.25) is 11.8 Å². The topological polar surface area (TPSA) is 143 Å². The highest BCUT2D eigenvalue weighted by Crippen LogP contribution is 2.13. The summed E-state index contributed by atoms with van der Waals surface area (Å²) >= 11 is 0. The van der Waals surface area contributed by atoms with Gasteiger partial charge in [0.05, 0.1) is 11.6 Å². The summed E-state index contributed by atoms with van der Waals surface area (Å²) in [7, 11) is 4.25. The fourth-order valence-corrected chi connectivity index (χ4v) is 1.68. The molecule has 0 atom stereocenters. The number of hydrogen-bond donors (Lipinski definition) is 3. The molecule has 0 aromatic heterocycles. The number of methoxy groups -OCH3 is 1. The van der Waals surface area contributed by atoms with Gasteiger partial charge in [0.15, 0.2) is 0 Å². The second kappa shape index (κ2) is 22.0. The molecule has 0 aliphatic heterocycles. The van der Waals surface area contributed by atoms with E-state index < -0.39 is 24.1 Å². The quantitative estimate of drug-likeness (QED) is 0.525. The first kappa shape index (κ1) is 29.7. The number of anilines is 1. The molecule has 1 aromatic carbocycles. The molecule has 0 bridgehead atoms. The summed E-state index contributed by atoms with van der Waals surface area (Å²) in [6, 6.07) is 5.11. The van der Waals surface area contributed by atoms with Crippen molar-refractivity contribution < 1.29 is 28.6 Å². The van der Waals surface area contributed by atoms with E-state index in [1.807, 2.05) is 6.79 Å². The number of aliphatic hydroxyl groups excluding tert-OH is 1. The third kappa shape index (κ3) is 19.2. The van der Waals surface area contributed by atoms with Crippen molar-refractivity contribution in [2.45, 2.75) is 25.7 Å². The average Bonchev–Trinajstić information content (AvgIpc) is 3.24. The Bertz CT molecular complexity index is 624. The van der Waals surface area contributed by atoms with E-state index in [4.69, 9.17) is 20.9 Å². The lowest BCUT2D eigenvalue weighted by atomic mass is 10.2. The van der Waals surface area contributed by atoms with Crippen molar-refractivity contribution in [3.63, 3.8) is 0 Å². The number of aliphatic hydroxyl groups is 1. The number of rotatable bonds is 3. The van der Waals surface area contributed by atoms with Gasteiger partial charge in [-0.3, -0.25) is 9.59 Å². The van der Waals surface area contributed by atoms with Crippen LogP contribution in [0.1, 0.15) is 31.2 Å². The monoisotopic (exact) mass is 397 g/mol. The van der Waals surface area contributed by atoms with Crippen LogP contribution in [0.4, 0.5) is 10.1 Å². The number of ether oxygens (including phenoxy) is 1. The lowest BCUT2D eigenvalue weighted by Crippen LogP contribution is -2.21. The normalized spacial score (nSPS) is 10.0. The van der Waals surface area contributed by atoms with Gasteiger partial charge in [0.1, 0.15) is 19.0 Å². The number of benzene rings is 1. The molecular formula is C19H28FN3O5. The molecule has 4 N–H and O–H groups in total. The zero-order valence-corrected chi connectivity index (χ0v) is 16.4. The average molecular weight is 397 g/mol. The van der Waals surface area contributed by atoms with E-state index in [0.29, 0.717) is 0 Å². The highest BCUT2D eigenvalue weighted by atomic mass is 19.1. The smallest absolute Gasteiger partial charge is 0.233 e. The van der Waals surface area contributed by atoms with E-state index in [1.165, 1.54) is 25.3 Å². The third-order valence-corrected chi connectivity index (χ3v) is 2.55. The summed E-state index contributed by atoms with van der Waals surface area (Å²) in [5.74, 6) is -2.08. The molecule has 0 fully saturated rings. The van der Waals surface area contributed by atoms with Crippen molar-refractivity contribution in [2.75, 3.05) is 26.6 Å². The van der Waals surface area contributed by atoms with Gasteiger partial charge >= 0.3 is 0 Å². The van der Waals surface area contributed by atoms with Crippen molar-refractivity contribution in [1.29, 1.82) is 5.26 Å². The Kier molecular flexibility index (Phi) is 23.3. The zero-order chi connectivity index (χ0) is 22.4. The molecule has 0 saturated heterocycles. The van der Waals surface area contributed by atoms with Crippen LogP contribution < -0.4 is 11.1 Å². The van der Waals surface area contributed by atoms with Crippen molar-refractivity contribution in [2.24, 2.45) is 5.73 Å². The highest BCUT2D eigenvalue weighted by molar-refractivity contribution is 6.03. The number of nitriles is 1. The number of nitrogens with zero attached hydrogens (tertiary/aromatic N) is 1. The second-order valence-corrected chi connectivity index (χ2v) is 4.84. The van der Waals surface area contributed by atoms with Crippen LogP contribution in [0.5, 0.6) is 0 Å². The number of amides is 2. The number of nitrogens with one attached hydrogen (secondary N) is 1. The predicted octanol–water partition coefficient (Wildman–Crippen LogP) is 1.92. The molecule has 1 aliphatic carbocycles. The molecule has 1 aliphatic rings. The number of hydrogen-bond acceptors (Lipinski definition) is 6. The second-order valence-electron chi connectivity index (χ2n) is 4.84. The van der Waals surface area contributed by atoms with Crippen LogP contribution in [0.25, 0.3) is 0 Å². The van der Waals surface area contributed by atoms with Gasteiger partial charge < -0.3 is 25.7 Å². The first-order valence-electron chi connectivity index (χ1n) is 8.00. The summed E-state index contributed by atoms with van der Waals surface area (Å²) in [6.07, 6.45) is 8.01. The minimum absolute atomic E-state index is 0.0781. The maximum atomic E-state index is 12.9. The first-order chi connectivity index (χ1) is 13.4. The maximum absolute atomic E-state index is 12.9. The predicted molar refractivity (Wildman–Crippen MR) is 105 cm³/mol. The lowest BCUT2D eigenvalue weighted by Gasteiger charge is -2.04. The number of carbonyl (C=O) groups is 3. The van der Waals surface area contributed by atoms with Crippen molar-refractivity contribution >= 4 is 24.3 Å². The van der Waals surface area contributed by atoms with Crippen LogP contribution in [0.2, 0.25) is 0 Å². The summed E-state index contributed by atoms with van der Waals surface area (Å²) in [6.45, 7) is 2.00. The van der Waals surface area contributed by atoms with Crippen LogP contribution >= 0.6 is 0 Å². The van der Waals surface area contributed by atoms with E-state index in [0.717, 1.165) is 19.2 Å². The molecule has 0 heterocycles. The highest BCUT2D eigenvalue weighted by Gasteiger charge is 2.07. The molecule has 0 radical (unpaired) electrons. The van der Waals surface area contributed by atoms with E-state index >= 15 is 0 Å². The van der Waals surface area contributed by atoms with E-state index in [2.05, 4.69) is 22.2 Å². The molecule has 1 aromatic rings. The van der Waals surface area contributed by atoms with Crippen LogP contribution in [-0.2, 0) is 19.1 Å². The fraction of sp³-hybridized carbons (Fsp3) is 0.368. The number of nitrogens with two attached hydrogens (primary N) is 1. The van der Waals surface area contributed by atoms with E-state index in [-0.39, 0.29) is 11.3 Å². The number of allylic oxidation sites excluding steroid dienone is 2. The molecule has 2 rings (SSSR count). The molecule has 0 spiro atoms. The minimum Gasteiger partial charge on any atom is -0.400 e. The SMILES string of the molecule is C1=CCCC1.C=O.CO.COC.N#Cc1cc(F)cc(NC(=O)CC(N)=O)c1. The third-order valence-electron chi connectivity index (χ3n) is 2.55. The molecule has 156 valence electrons. The molecule has 0 unspecified atom stereocenters. The number of primary amides is 1. The fourth-order valence-electron chi connectivity index (χ4n) is 1.68. The number of carbonyl (C=O) groups excluding carboxylic acids is 3. The Morgan fingerprint density at radius 2 is 1.75 bits per heavy atom. The Labute approximate surface area is 164 Å². The largest absolute Gasteiger partial charge is 0.400 e. The maximum Gasteiger partial charge on any atom is 0.233 e. The molecule has 8 nitrogen and oxygen atoms in total. The van der Waals surface area contributed by atoms with Crippen LogP contribution in [0, 0.1) is 17.1 Å². The van der Waals surface area contributed by atoms with Gasteiger partial charge in [0, 0.05) is 27.0 Å². The van der Waals surface area contributed by atoms with Gasteiger partial charge in [0.25, 0.3) is 0 Å². The summed E-state index contributed by atoms with van der Waals surface area (Å²) in [5.41, 5.74) is 5.00. The Morgan fingerprint density at radius 3 is 2.11 bits per heavy atom. The lowest BCUT2D eigenvalue weighted by molar-refractivity contribution is -0.124. The summed E-state index contributed by atoms with van der Waals surface area (Å²) < 4.78 is 17.2. The van der Waals surface area contributed by atoms with Crippen LogP contribution in [-0.4, -0.2) is 45.0 Å². The Hall–Kier alpha value is -3.09. The van der Waals surface area contributed by atoms with Crippen LogP contribution in [0.15, 0.2) is 30.4 Å². The van der Waals surface area contributed by atoms with E-state index in [9.17, 15) is 14.0 Å². The first-order valence-corrected chi connectivity index (χ1v) is 8.00. The van der Waals surface area contributed by atoms with Gasteiger partial charge in [-0.25, -0.2) is 4.39 Å². The van der Waals surface area contributed by atoms with Crippen molar-refractivity contribution in [3.8, 4) is 6.07 Å². The molecule has 28 heavy (non-hydrogen) atoms. The van der Waals surface area contributed by atoms with Gasteiger partial charge in [-0.15, -0.1) is 0 Å². The Balaban J connectivity index is -0.000000427. The van der Waals surface area contributed by atoms with Crippen LogP contribution in [0.3, 0.4) is 0 Å². The molecule has 9 heteroatoms. The molecular weight excluding hydrogens is 369 g/mol. The summed E-state index contributed by atoms with van der Waals surface area (Å²) in [4.78, 5) is 29.5. The minimum atomic E-state index is -0.783. The van der Waals surface area contributed by atoms with Crippen molar-refractivity contribution in [1.82, 2.24) is 0 Å². The van der Waals surface area contributed by atoms with Gasteiger partial charge in [-0.2, -0.15) is 5.26 Å². The Morgan fingerprint density at radius 1 is 1.25 bits per heavy atom. The van der Waals surface area contributed by atoms with Gasteiger partial charge in [-0.1, -0.05) is 12.2 Å². The van der Waals surface area contributed by atoms with Crippen molar-refractivity contribution in [3.05, 3.63) is 41.7 Å². The zero-order valence-electron chi connectivity index (χ0n) is 16.4. The summed E-state index contributed by atoms with van der Waals surface area (Å²) in [5, 5.41) is 17.8. The molecule has 2 amide bonds. The number of halogens is 1. The van der Waals surface area contributed by atoms with E-state index in [1.54, 1.807) is 20.3 Å². The standard InChI is InChI=1S/C10H8FN3O2.C5H8.C2H6O.CH4O.CH2O/c11-7-1-6(5-12)2-8(3-7)14-10(16)4-9(13)15;1-2-4-5-3-1;1-3-2;2*1-2/h1-3H,4H2,(H2,13,15)(H,14,16);1-2H,3-5H2;1-2H3;2H,1H3;1H2. The van der Waals surface area contributed by atoms with Gasteiger partial charge in [-0.05, 0) is 37.5 Å².